The number of benzene rings is 2. The average Bonchev–Trinajstić information content (AvgIpc) is 3.05. The van der Waals surface area contributed by atoms with Crippen LogP contribution in [0.4, 0.5) is 0 Å². The third kappa shape index (κ3) is 4.27. The Bertz CT molecular complexity index is 708. The minimum atomic E-state index is -0.000933. The van der Waals surface area contributed by atoms with Crippen LogP contribution < -0.4 is 0 Å². The zero-order valence-corrected chi connectivity index (χ0v) is 15.6. The maximum absolute atomic E-state index is 12.6. The van der Waals surface area contributed by atoms with Crippen molar-refractivity contribution in [3.63, 3.8) is 0 Å². The van der Waals surface area contributed by atoms with Crippen LogP contribution in [-0.4, -0.2) is 23.1 Å². The zero-order chi connectivity index (χ0) is 16.9. The molecule has 3 rings (SSSR count). The maximum Gasteiger partial charge on any atom is 0.223 e. The molecule has 1 aliphatic rings. The molecule has 0 saturated carbocycles. The highest BCUT2D eigenvalue weighted by atomic mass is 35.5. The van der Waals surface area contributed by atoms with Gasteiger partial charge in [-0.05, 0) is 30.5 Å². The summed E-state index contributed by atoms with van der Waals surface area (Å²) in [6.45, 7) is 0.776. The third-order valence-electron chi connectivity index (χ3n) is 4.14. The Balaban J connectivity index is 1.61. The fourth-order valence-electron chi connectivity index (χ4n) is 2.92. The van der Waals surface area contributed by atoms with Gasteiger partial charge in [0.15, 0.2) is 0 Å². The predicted octanol–water partition coefficient (Wildman–Crippen LogP) is 5.59. The monoisotopic (exact) mass is 379 g/mol. The lowest BCUT2D eigenvalue weighted by atomic mass is 10.1. The van der Waals surface area contributed by atoms with Gasteiger partial charge >= 0.3 is 0 Å². The second-order valence-electron chi connectivity index (χ2n) is 5.82. The highest BCUT2D eigenvalue weighted by Gasteiger charge is 2.31. The number of thioether (sulfide) groups is 1. The Kier molecular flexibility index (Phi) is 6.09. The maximum atomic E-state index is 12.6. The molecule has 1 heterocycles. The van der Waals surface area contributed by atoms with Gasteiger partial charge in [0.25, 0.3) is 0 Å². The number of nitrogens with zero attached hydrogens (tertiary/aromatic N) is 1. The zero-order valence-electron chi connectivity index (χ0n) is 13.3. The number of rotatable bonds is 5. The summed E-state index contributed by atoms with van der Waals surface area (Å²) in [4.78, 5) is 14.6. The van der Waals surface area contributed by atoms with Crippen LogP contribution in [0.2, 0.25) is 10.0 Å². The lowest BCUT2D eigenvalue weighted by Gasteiger charge is -2.25. The number of halogens is 2. The molecule has 0 spiro atoms. The van der Waals surface area contributed by atoms with Crippen LogP contribution in [-0.2, 0) is 11.2 Å². The van der Waals surface area contributed by atoms with E-state index in [4.69, 9.17) is 23.2 Å². The average molecular weight is 380 g/mol. The summed E-state index contributed by atoms with van der Waals surface area (Å²) in [6, 6.07) is 15.8. The lowest BCUT2D eigenvalue weighted by Crippen LogP contribution is -2.30. The van der Waals surface area contributed by atoms with Crippen LogP contribution in [0.3, 0.4) is 0 Å². The van der Waals surface area contributed by atoms with E-state index in [0.29, 0.717) is 16.5 Å². The van der Waals surface area contributed by atoms with E-state index in [0.717, 1.165) is 30.7 Å². The van der Waals surface area contributed by atoms with E-state index >= 15 is 0 Å². The molecule has 1 aliphatic heterocycles. The molecule has 0 N–H and O–H groups in total. The van der Waals surface area contributed by atoms with Crippen molar-refractivity contribution in [2.45, 2.75) is 24.6 Å². The van der Waals surface area contributed by atoms with Gasteiger partial charge in [-0.15, -0.1) is 11.8 Å². The quantitative estimate of drug-likeness (QED) is 0.674. The van der Waals surface area contributed by atoms with Crippen molar-refractivity contribution in [3.8, 4) is 0 Å². The van der Waals surface area contributed by atoms with Gasteiger partial charge in [-0.3, -0.25) is 4.79 Å². The van der Waals surface area contributed by atoms with Gasteiger partial charge in [0.1, 0.15) is 5.37 Å². The molecule has 1 fully saturated rings. The molecule has 0 bridgehead atoms. The van der Waals surface area contributed by atoms with Crippen molar-refractivity contribution < 1.29 is 4.79 Å². The van der Waals surface area contributed by atoms with Gasteiger partial charge in [0, 0.05) is 34.3 Å². The Hall–Kier alpha value is -1.16. The molecule has 5 heteroatoms. The summed E-state index contributed by atoms with van der Waals surface area (Å²) >= 11 is 14.1. The number of aryl methyl sites for hydroxylation is 1. The molecule has 1 saturated heterocycles. The molecule has 24 heavy (non-hydrogen) atoms. The first-order chi connectivity index (χ1) is 11.6. The summed E-state index contributed by atoms with van der Waals surface area (Å²) in [6.07, 6.45) is 2.36. The van der Waals surface area contributed by atoms with Crippen LogP contribution >= 0.6 is 35.0 Å². The Morgan fingerprint density at radius 1 is 1.17 bits per heavy atom. The smallest absolute Gasteiger partial charge is 0.223 e. The predicted molar refractivity (Wildman–Crippen MR) is 103 cm³/mol. The lowest BCUT2D eigenvalue weighted by molar-refractivity contribution is -0.131. The first kappa shape index (κ1) is 17.7. The Morgan fingerprint density at radius 3 is 2.71 bits per heavy atom. The van der Waals surface area contributed by atoms with Crippen molar-refractivity contribution >= 4 is 40.9 Å². The van der Waals surface area contributed by atoms with Gasteiger partial charge in [-0.1, -0.05) is 59.6 Å². The van der Waals surface area contributed by atoms with Crippen molar-refractivity contribution in [2.75, 3.05) is 12.3 Å². The van der Waals surface area contributed by atoms with Crippen LogP contribution in [0.5, 0.6) is 0 Å². The summed E-state index contributed by atoms with van der Waals surface area (Å²) in [5.74, 6) is 1.14. The molecular formula is C19H19Cl2NOS. The molecule has 2 aromatic carbocycles. The number of hydrogen-bond donors (Lipinski definition) is 0. The van der Waals surface area contributed by atoms with Crippen LogP contribution in [0, 0.1) is 0 Å². The largest absolute Gasteiger partial charge is 0.326 e. The van der Waals surface area contributed by atoms with Crippen LogP contribution in [0.1, 0.15) is 29.3 Å². The topological polar surface area (TPSA) is 20.3 Å². The Morgan fingerprint density at radius 2 is 1.96 bits per heavy atom. The molecule has 1 amide bonds. The molecule has 0 aromatic heterocycles. The summed E-state index contributed by atoms with van der Waals surface area (Å²) in [7, 11) is 0. The standard InChI is InChI=1S/C19H19Cl2NOS/c20-15-9-10-16(17(21)13-15)19-22(11-12-24-19)18(23)8-4-7-14-5-2-1-3-6-14/h1-3,5-6,9-10,13,19H,4,7-8,11-12H2. The molecule has 126 valence electrons. The minimum absolute atomic E-state index is 0.000933. The first-order valence-corrected chi connectivity index (χ1v) is 9.85. The first-order valence-electron chi connectivity index (χ1n) is 8.05. The molecule has 2 aromatic rings. The molecule has 0 aliphatic carbocycles. The van der Waals surface area contributed by atoms with Crippen molar-refractivity contribution in [1.82, 2.24) is 4.90 Å². The van der Waals surface area contributed by atoms with Crippen LogP contribution in [0.15, 0.2) is 48.5 Å². The normalized spacial score (nSPS) is 17.2. The molecular weight excluding hydrogens is 361 g/mol. The summed E-state index contributed by atoms with van der Waals surface area (Å²) in [5.41, 5.74) is 2.25. The second-order valence-corrected chi connectivity index (χ2v) is 7.85. The van der Waals surface area contributed by atoms with E-state index < -0.39 is 0 Å². The number of carbonyl (C=O) groups is 1. The van der Waals surface area contributed by atoms with E-state index in [2.05, 4.69) is 12.1 Å². The number of hydrogen-bond acceptors (Lipinski definition) is 2. The third-order valence-corrected chi connectivity index (χ3v) is 5.94. The van der Waals surface area contributed by atoms with Gasteiger partial charge in [-0.2, -0.15) is 0 Å². The summed E-state index contributed by atoms with van der Waals surface area (Å²) in [5, 5.41) is 1.25. The van der Waals surface area contributed by atoms with E-state index in [1.807, 2.05) is 35.2 Å². The van der Waals surface area contributed by atoms with Crippen molar-refractivity contribution in [2.24, 2.45) is 0 Å². The van der Waals surface area contributed by atoms with Gasteiger partial charge < -0.3 is 4.90 Å². The molecule has 1 unspecified atom stereocenters. The van der Waals surface area contributed by atoms with Gasteiger partial charge in [-0.25, -0.2) is 0 Å². The van der Waals surface area contributed by atoms with Crippen molar-refractivity contribution in [1.29, 1.82) is 0 Å². The highest BCUT2D eigenvalue weighted by molar-refractivity contribution is 7.99. The van der Waals surface area contributed by atoms with E-state index in [1.165, 1.54) is 5.56 Å². The van der Waals surface area contributed by atoms with E-state index in [9.17, 15) is 4.79 Å². The van der Waals surface area contributed by atoms with Gasteiger partial charge in [0.05, 0.1) is 0 Å². The van der Waals surface area contributed by atoms with Gasteiger partial charge in [0.2, 0.25) is 5.91 Å². The molecule has 1 atom stereocenters. The number of amides is 1. The van der Waals surface area contributed by atoms with E-state index in [-0.39, 0.29) is 11.3 Å². The fourth-order valence-corrected chi connectivity index (χ4v) is 4.81. The summed E-state index contributed by atoms with van der Waals surface area (Å²) < 4.78 is 0. The highest BCUT2D eigenvalue weighted by Crippen LogP contribution is 2.41. The van der Waals surface area contributed by atoms with Crippen LogP contribution in [0.25, 0.3) is 0 Å². The Labute approximate surface area is 157 Å². The molecule has 0 radical (unpaired) electrons. The second kappa shape index (κ2) is 8.28. The van der Waals surface area contributed by atoms with E-state index in [1.54, 1.807) is 17.8 Å². The number of carbonyl (C=O) groups excluding carboxylic acids is 1. The fraction of sp³-hybridized carbons (Fsp3) is 0.316. The SMILES string of the molecule is O=C(CCCc1ccccc1)N1CCSC1c1ccc(Cl)cc1Cl. The van der Waals surface area contributed by atoms with Crippen molar-refractivity contribution in [3.05, 3.63) is 69.7 Å². The minimum Gasteiger partial charge on any atom is -0.326 e. The molecule has 2 nitrogen and oxygen atoms in total.